The van der Waals surface area contributed by atoms with Crippen molar-refractivity contribution in [1.82, 2.24) is 10.3 Å². The second kappa shape index (κ2) is 6.62. The highest BCUT2D eigenvalue weighted by Gasteiger charge is 2.21. The molecule has 110 valence electrons. The number of fused-ring (bicyclic) bond motifs is 1. The summed E-state index contributed by atoms with van der Waals surface area (Å²) in [5.74, 6) is 0.528. The van der Waals surface area contributed by atoms with Crippen molar-refractivity contribution in [2.75, 3.05) is 5.75 Å². The van der Waals surface area contributed by atoms with E-state index in [1.165, 1.54) is 22.9 Å². The van der Waals surface area contributed by atoms with E-state index in [0.717, 1.165) is 29.3 Å². The molecule has 0 bridgehead atoms. The Morgan fingerprint density at radius 3 is 3.14 bits per heavy atom. The van der Waals surface area contributed by atoms with Gasteiger partial charge in [-0.05, 0) is 37.3 Å². The molecule has 1 amide bonds. The Bertz CT molecular complexity index is 639. The molecule has 5 heteroatoms. The number of thiazole rings is 1. The first-order valence-electron chi connectivity index (χ1n) is 7.14. The Morgan fingerprint density at radius 2 is 2.33 bits per heavy atom. The summed E-state index contributed by atoms with van der Waals surface area (Å²) >= 11 is 3.11. The molecule has 1 aromatic carbocycles. The van der Waals surface area contributed by atoms with Crippen LogP contribution in [0.4, 0.5) is 0 Å². The highest BCUT2D eigenvalue weighted by Crippen LogP contribution is 2.29. The summed E-state index contributed by atoms with van der Waals surface area (Å²) < 4.78 is 0.965. The monoisotopic (exact) mass is 318 g/mol. The predicted octanol–water partition coefficient (Wildman–Crippen LogP) is 3.74. The number of carbonyl (C=O) groups is 1. The van der Waals surface area contributed by atoms with Crippen LogP contribution in [0, 0.1) is 6.92 Å². The fraction of sp³-hybridized carbons (Fsp3) is 0.375. The van der Waals surface area contributed by atoms with Crippen LogP contribution in [-0.2, 0) is 11.2 Å². The molecular weight excluding hydrogens is 300 g/mol. The van der Waals surface area contributed by atoms with Crippen molar-refractivity contribution in [3.63, 3.8) is 0 Å². The number of aryl methyl sites for hydroxylation is 2. The summed E-state index contributed by atoms with van der Waals surface area (Å²) in [5, 5.41) is 5.18. The quantitative estimate of drug-likeness (QED) is 0.873. The van der Waals surface area contributed by atoms with Crippen LogP contribution in [0.1, 0.15) is 35.7 Å². The maximum absolute atomic E-state index is 12.1. The average molecular weight is 318 g/mol. The zero-order valence-electron chi connectivity index (χ0n) is 12.0. The molecule has 1 aliphatic rings. The molecule has 2 aromatic rings. The second-order valence-electron chi connectivity index (χ2n) is 5.25. The Morgan fingerprint density at radius 1 is 1.48 bits per heavy atom. The molecule has 1 N–H and O–H groups in total. The van der Waals surface area contributed by atoms with Gasteiger partial charge in [0.2, 0.25) is 5.91 Å². The summed E-state index contributed by atoms with van der Waals surface area (Å²) in [6.45, 7) is 1.97. The SMILES string of the molecule is Cc1csc(SCC(=O)N[C@H]2CCCc3ccccc32)n1. The number of aromatic nitrogens is 1. The summed E-state index contributed by atoms with van der Waals surface area (Å²) in [4.78, 5) is 16.5. The lowest BCUT2D eigenvalue weighted by Crippen LogP contribution is -2.32. The van der Waals surface area contributed by atoms with Gasteiger partial charge in [-0.3, -0.25) is 4.79 Å². The summed E-state index contributed by atoms with van der Waals surface area (Å²) in [7, 11) is 0. The third-order valence-electron chi connectivity index (χ3n) is 3.63. The molecule has 0 saturated heterocycles. The third kappa shape index (κ3) is 3.66. The molecule has 3 rings (SSSR count). The standard InChI is InChI=1S/C16H18N2OS2/c1-11-9-20-16(17-11)21-10-15(19)18-14-8-4-6-12-5-2-3-7-13(12)14/h2-3,5,7,9,14H,4,6,8,10H2,1H3,(H,18,19)/t14-/m0/s1. The minimum Gasteiger partial charge on any atom is -0.349 e. The van der Waals surface area contributed by atoms with Gasteiger partial charge in [0.1, 0.15) is 0 Å². The molecule has 0 saturated carbocycles. The van der Waals surface area contributed by atoms with Gasteiger partial charge in [-0.2, -0.15) is 0 Å². The van der Waals surface area contributed by atoms with Crippen LogP contribution in [0.3, 0.4) is 0 Å². The van der Waals surface area contributed by atoms with Crippen LogP contribution in [0.15, 0.2) is 34.0 Å². The smallest absolute Gasteiger partial charge is 0.230 e. The largest absolute Gasteiger partial charge is 0.349 e. The molecule has 3 nitrogen and oxygen atoms in total. The third-order valence-corrected chi connectivity index (χ3v) is 5.77. The van der Waals surface area contributed by atoms with Gasteiger partial charge in [-0.1, -0.05) is 36.0 Å². The van der Waals surface area contributed by atoms with Gasteiger partial charge in [0, 0.05) is 11.1 Å². The topological polar surface area (TPSA) is 42.0 Å². The minimum atomic E-state index is 0.0922. The van der Waals surface area contributed by atoms with E-state index in [1.807, 2.05) is 12.3 Å². The van der Waals surface area contributed by atoms with E-state index in [1.54, 1.807) is 11.3 Å². The van der Waals surface area contributed by atoms with Crippen LogP contribution in [0.2, 0.25) is 0 Å². The number of amides is 1. The normalized spacial score (nSPS) is 17.3. The maximum atomic E-state index is 12.1. The Kier molecular flexibility index (Phi) is 4.60. The number of thioether (sulfide) groups is 1. The minimum absolute atomic E-state index is 0.0922. The zero-order valence-corrected chi connectivity index (χ0v) is 13.6. The Hall–Kier alpha value is -1.33. The van der Waals surface area contributed by atoms with Gasteiger partial charge in [0.05, 0.1) is 11.8 Å². The molecular formula is C16H18N2OS2. The first kappa shape index (κ1) is 14.6. The van der Waals surface area contributed by atoms with Crippen molar-refractivity contribution in [3.05, 3.63) is 46.5 Å². The van der Waals surface area contributed by atoms with E-state index in [2.05, 4.69) is 34.6 Å². The molecule has 1 heterocycles. The fourth-order valence-electron chi connectivity index (χ4n) is 2.67. The van der Waals surface area contributed by atoms with Crippen molar-refractivity contribution in [1.29, 1.82) is 0 Å². The van der Waals surface area contributed by atoms with E-state index in [9.17, 15) is 4.79 Å². The molecule has 21 heavy (non-hydrogen) atoms. The number of nitrogens with zero attached hydrogens (tertiary/aromatic N) is 1. The van der Waals surface area contributed by atoms with Gasteiger partial charge in [-0.25, -0.2) is 4.98 Å². The number of hydrogen-bond donors (Lipinski definition) is 1. The Balaban J connectivity index is 1.58. The van der Waals surface area contributed by atoms with Crippen molar-refractivity contribution < 1.29 is 4.79 Å². The molecule has 0 fully saturated rings. The Labute approximate surface area is 133 Å². The van der Waals surface area contributed by atoms with Crippen molar-refractivity contribution in [3.8, 4) is 0 Å². The number of nitrogens with one attached hydrogen (secondary N) is 1. The first-order chi connectivity index (χ1) is 10.2. The lowest BCUT2D eigenvalue weighted by atomic mass is 9.88. The molecule has 0 radical (unpaired) electrons. The van der Waals surface area contributed by atoms with Crippen molar-refractivity contribution in [2.45, 2.75) is 36.6 Å². The first-order valence-corrected chi connectivity index (χ1v) is 9.01. The summed E-state index contributed by atoms with van der Waals surface area (Å²) in [6, 6.07) is 8.60. The molecule has 0 spiro atoms. The lowest BCUT2D eigenvalue weighted by molar-refractivity contribution is -0.119. The van der Waals surface area contributed by atoms with E-state index in [-0.39, 0.29) is 11.9 Å². The number of hydrogen-bond acceptors (Lipinski definition) is 4. The fourth-order valence-corrected chi connectivity index (χ4v) is 4.33. The maximum Gasteiger partial charge on any atom is 0.230 e. The van der Waals surface area contributed by atoms with Crippen LogP contribution in [-0.4, -0.2) is 16.6 Å². The van der Waals surface area contributed by atoms with Crippen LogP contribution in [0.25, 0.3) is 0 Å². The van der Waals surface area contributed by atoms with E-state index < -0.39 is 0 Å². The van der Waals surface area contributed by atoms with Crippen LogP contribution >= 0.6 is 23.1 Å². The average Bonchev–Trinajstić information content (AvgIpc) is 2.91. The van der Waals surface area contributed by atoms with Crippen molar-refractivity contribution >= 4 is 29.0 Å². The van der Waals surface area contributed by atoms with Gasteiger partial charge >= 0.3 is 0 Å². The highest BCUT2D eigenvalue weighted by molar-refractivity contribution is 8.01. The molecule has 1 atom stereocenters. The second-order valence-corrected chi connectivity index (χ2v) is 7.34. The predicted molar refractivity (Wildman–Crippen MR) is 87.8 cm³/mol. The number of rotatable bonds is 4. The summed E-state index contributed by atoms with van der Waals surface area (Å²) in [5.41, 5.74) is 3.67. The van der Waals surface area contributed by atoms with E-state index >= 15 is 0 Å². The van der Waals surface area contributed by atoms with Crippen molar-refractivity contribution in [2.24, 2.45) is 0 Å². The molecule has 1 aromatic heterocycles. The van der Waals surface area contributed by atoms with Gasteiger partial charge in [0.25, 0.3) is 0 Å². The van der Waals surface area contributed by atoms with Gasteiger partial charge in [-0.15, -0.1) is 11.3 Å². The van der Waals surface area contributed by atoms with Crippen LogP contribution in [0.5, 0.6) is 0 Å². The highest BCUT2D eigenvalue weighted by atomic mass is 32.2. The summed E-state index contributed by atoms with van der Waals surface area (Å²) in [6.07, 6.45) is 3.29. The lowest BCUT2D eigenvalue weighted by Gasteiger charge is -2.26. The van der Waals surface area contributed by atoms with Gasteiger partial charge in [0.15, 0.2) is 4.34 Å². The number of carbonyl (C=O) groups excluding carboxylic acids is 1. The van der Waals surface area contributed by atoms with Gasteiger partial charge < -0.3 is 5.32 Å². The van der Waals surface area contributed by atoms with E-state index in [0.29, 0.717) is 5.75 Å². The van der Waals surface area contributed by atoms with Crippen LogP contribution < -0.4 is 5.32 Å². The molecule has 1 aliphatic carbocycles. The zero-order chi connectivity index (χ0) is 14.7. The molecule has 0 aliphatic heterocycles. The molecule has 0 unspecified atom stereocenters. The number of benzene rings is 1. The van der Waals surface area contributed by atoms with E-state index in [4.69, 9.17) is 0 Å².